The van der Waals surface area contributed by atoms with Crippen molar-refractivity contribution in [1.29, 1.82) is 0 Å². The van der Waals surface area contributed by atoms with Gasteiger partial charge in [0.15, 0.2) is 0 Å². The number of methoxy groups -OCH3 is 1. The van der Waals surface area contributed by atoms with Crippen LogP contribution in [0.5, 0.6) is 5.75 Å². The Labute approximate surface area is 93.8 Å². The van der Waals surface area contributed by atoms with Gasteiger partial charge in [0.1, 0.15) is 17.1 Å². The van der Waals surface area contributed by atoms with Crippen molar-refractivity contribution in [3.8, 4) is 5.75 Å². The van der Waals surface area contributed by atoms with E-state index in [-0.39, 0.29) is 6.61 Å². The molecule has 16 heavy (non-hydrogen) atoms. The number of ether oxygens (including phenoxy) is 1. The number of aliphatic hydroxyl groups excluding tert-OH is 1. The summed E-state index contributed by atoms with van der Waals surface area (Å²) in [4.78, 5) is 0. The van der Waals surface area contributed by atoms with E-state index in [9.17, 15) is 0 Å². The van der Waals surface area contributed by atoms with Gasteiger partial charge in [-0.05, 0) is 24.3 Å². The van der Waals surface area contributed by atoms with Gasteiger partial charge in [-0.1, -0.05) is 0 Å². The average molecular weight is 221 g/mol. The molecular weight excluding hydrogens is 206 g/mol. The van der Waals surface area contributed by atoms with Crippen LogP contribution in [0.15, 0.2) is 28.7 Å². The number of hydrogen-bond acceptors (Lipinski definition) is 4. The lowest BCUT2D eigenvalue weighted by Crippen LogP contribution is -2.16. The summed E-state index contributed by atoms with van der Waals surface area (Å²) in [6.45, 7) is 1.33. The van der Waals surface area contributed by atoms with Crippen LogP contribution in [-0.2, 0) is 6.54 Å². The molecule has 0 radical (unpaired) electrons. The van der Waals surface area contributed by atoms with Crippen LogP contribution in [0.4, 0.5) is 0 Å². The Morgan fingerprint density at radius 2 is 2.25 bits per heavy atom. The third kappa shape index (κ3) is 2.35. The molecule has 0 atom stereocenters. The molecule has 1 aromatic carbocycles. The average Bonchev–Trinajstić information content (AvgIpc) is 2.70. The van der Waals surface area contributed by atoms with Crippen LogP contribution in [0.3, 0.4) is 0 Å². The normalized spacial score (nSPS) is 10.9. The van der Waals surface area contributed by atoms with Crippen molar-refractivity contribution in [1.82, 2.24) is 5.32 Å². The van der Waals surface area contributed by atoms with E-state index in [1.165, 1.54) is 0 Å². The van der Waals surface area contributed by atoms with E-state index >= 15 is 0 Å². The van der Waals surface area contributed by atoms with Crippen molar-refractivity contribution in [2.45, 2.75) is 6.54 Å². The number of hydrogen-bond donors (Lipinski definition) is 2. The summed E-state index contributed by atoms with van der Waals surface area (Å²) in [5.74, 6) is 1.68. The number of furan rings is 1. The summed E-state index contributed by atoms with van der Waals surface area (Å²) in [6, 6.07) is 7.68. The van der Waals surface area contributed by atoms with Gasteiger partial charge in [-0.2, -0.15) is 0 Å². The Kier molecular flexibility index (Phi) is 3.44. The van der Waals surface area contributed by atoms with E-state index in [0.717, 1.165) is 22.5 Å². The van der Waals surface area contributed by atoms with E-state index < -0.39 is 0 Å². The highest BCUT2D eigenvalue weighted by atomic mass is 16.5. The lowest BCUT2D eigenvalue weighted by Gasteiger charge is -1.97. The van der Waals surface area contributed by atoms with Crippen molar-refractivity contribution >= 4 is 11.0 Å². The second-order valence-corrected chi connectivity index (χ2v) is 3.52. The van der Waals surface area contributed by atoms with Crippen molar-refractivity contribution in [3.63, 3.8) is 0 Å². The molecular formula is C12H15NO3. The summed E-state index contributed by atoms with van der Waals surface area (Å²) in [5.41, 5.74) is 0.849. The molecule has 1 aromatic heterocycles. The monoisotopic (exact) mass is 221 g/mol. The zero-order valence-corrected chi connectivity index (χ0v) is 9.19. The van der Waals surface area contributed by atoms with Crippen LogP contribution < -0.4 is 10.1 Å². The second kappa shape index (κ2) is 5.01. The maximum atomic E-state index is 8.64. The molecule has 0 saturated heterocycles. The van der Waals surface area contributed by atoms with Crippen molar-refractivity contribution in [2.75, 3.05) is 20.3 Å². The quantitative estimate of drug-likeness (QED) is 0.752. The Morgan fingerprint density at radius 1 is 1.38 bits per heavy atom. The predicted octanol–water partition coefficient (Wildman–Crippen LogP) is 1.52. The molecule has 0 aliphatic carbocycles. The minimum absolute atomic E-state index is 0.133. The maximum Gasteiger partial charge on any atom is 0.134 e. The molecule has 0 aliphatic heterocycles. The standard InChI is InChI=1S/C12H15NO3/c1-15-10-2-3-12-9(6-10)7-11(16-12)8-13-4-5-14/h2-3,6-7,13-14H,4-5,8H2,1H3. The lowest BCUT2D eigenvalue weighted by molar-refractivity contribution is 0.290. The minimum atomic E-state index is 0.133. The van der Waals surface area contributed by atoms with Gasteiger partial charge < -0.3 is 19.6 Å². The van der Waals surface area contributed by atoms with E-state index in [0.29, 0.717) is 13.1 Å². The van der Waals surface area contributed by atoms with Gasteiger partial charge in [-0.3, -0.25) is 0 Å². The molecule has 0 fully saturated rings. The van der Waals surface area contributed by atoms with Gasteiger partial charge in [0.2, 0.25) is 0 Å². The van der Waals surface area contributed by atoms with Crippen molar-refractivity contribution in [3.05, 3.63) is 30.0 Å². The number of benzene rings is 1. The largest absolute Gasteiger partial charge is 0.497 e. The highest BCUT2D eigenvalue weighted by Gasteiger charge is 2.04. The van der Waals surface area contributed by atoms with Crippen LogP contribution in [0, 0.1) is 0 Å². The summed E-state index contributed by atoms with van der Waals surface area (Å²) in [7, 11) is 1.64. The summed E-state index contributed by atoms with van der Waals surface area (Å²) < 4.78 is 10.8. The van der Waals surface area contributed by atoms with Gasteiger partial charge in [0.05, 0.1) is 20.3 Å². The first-order valence-corrected chi connectivity index (χ1v) is 5.21. The molecule has 2 N–H and O–H groups in total. The van der Waals surface area contributed by atoms with Crippen LogP contribution in [0.25, 0.3) is 11.0 Å². The van der Waals surface area contributed by atoms with Crippen LogP contribution in [0.2, 0.25) is 0 Å². The van der Waals surface area contributed by atoms with E-state index in [1.807, 2.05) is 24.3 Å². The van der Waals surface area contributed by atoms with Crippen LogP contribution in [-0.4, -0.2) is 25.4 Å². The van der Waals surface area contributed by atoms with E-state index in [2.05, 4.69) is 5.32 Å². The van der Waals surface area contributed by atoms with Crippen LogP contribution in [0.1, 0.15) is 5.76 Å². The fraction of sp³-hybridized carbons (Fsp3) is 0.333. The minimum Gasteiger partial charge on any atom is -0.497 e. The first-order valence-electron chi connectivity index (χ1n) is 5.21. The Morgan fingerprint density at radius 3 is 3.00 bits per heavy atom. The Bertz CT molecular complexity index is 464. The molecule has 86 valence electrons. The molecule has 0 unspecified atom stereocenters. The number of rotatable bonds is 5. The molecule has 1 heterocycles. The zero-order chi connectivity index (χ0) is 11.4. The Balaban J connectivity index is 2.16. The fourth-order valence-electron chi connectivity index (χ4n) is 1.58. The molecule has 4 heteroatoms. The molecule has 4 nitrogen and oxygen atoms in total. The topological polar surface area (TPSA) is 54.6 Å². The molecule has 0 saturated carbocycles. The highest BCUT2D eigenvalue weighted by Crippen LogP contribution is 2.23. The first kappa shape index (κ1) is 11.0. The van der Waals surface area contributed by atoms with Gasteiger partial charge >= 0.3 is 0 Å². The molecule has 2 aromatic rings. The SMILES string of the molecule is COc1ccc2oc(CNCCO)cc2c1. The number of nitrogens with one attached hydrogen (secondary N) is 1. The molecule has 0 amide bonds. The smallest absolute Gasteiger partial charge is 0.134 e. The summed E-state index contributed by atoms with van der Waals surface area (Å²) >= 11 is 0. The second-order valence-electron chi connectivity index (χ2n) is 3.52. The molecule has 0 aliphatic rings. The Hall–Kier alpha value is -1.52. The van der Waals surface area contributed by atoms with E-state index in [4.69, 9.17) is 14.3 Å². The number of aliphatic hydroxyl groups is 1. The van der Waals surface area contributed by atoms with Gasteiger partial charge in [0.25, 0.3) is 0 Å². The first-order chi connectivity index (χ1) is 7.83. The fourth-order valence-corrected chi connectivity index (χ4v) is 1.58. The van der Waals surface area contributed by atoms with E-state index in [1.54, 1.807) is 7.11 Å². The highest BCUT2D eigenvalue weighted by molar-refractivity contribution is 5.79. The van der Waals surface area contributed by atoms with Crippen LogP contribution >= 0.6 is 0 Å². The maximum absolute atomic E-state index is 8.64. The third-order valence-electron chi connectivity index (χ3n) is 2.36. The summed E-state index contributed by atoms with van der Waals surface area (Å²) in [5, 5.41) is 12.7. The lowest BCUT2D eigenvalue weighted by atomic mass is 10.2. The molecule has 0 bridgehead atoms. The van der Waals surface area contributed by atoms with Gasteiger partial charge in [0, 0.05) is 11.9 Å². The molecule has 2 rings (SSSR count). The molecule has 0 spiro atoms. The zero-order valence-electron chi connectivity index (χ0n) is 9.19. The van der Waals surface area contributed by atoms with Crippen molar-refractivity contribution in [2.24, 2.45) is 0 Å². The van der Waals surface area contributed by atoms with Gasteiger partial charge in [-0.15, -0.1) is 0 Å². The third-order valence-corrected chi connectivity index (χ3v) is 2.36. The summed E-state index contributed by atoms with van der Waals surface area (Å²) in [6.07, 6.45) is 0. The van der Waals surface area contributed by atoms with Gasteiger partial charge in [-0.25, -0.2) is 0 Å². The number of fused-ring (bicyclic) bond motifs is 1. The predicted molar refractivity (Wildman–Crippen MR) is 61.6 cm³/mol. The van der Waals surface area contributed by atoms with Crippen molar-refractivity contribution < 1.29 is 14.3 Å².